The van der Waals surface area contributed by atoms with Gasteiger partial charge in [-0.3, -0.25) is 0 Å². The Labute approximate surface area is 126 Å². The maximum atomic E-state index is 12.6. The molecule has 1 fully saturated rings. The fraction of sp³-hybridized carbons (Fsp3) is 0.600. The summed E-state index contributed by atoms with van der Waals surface area (Å²) < 4.78 is 28.0. The van der Waals surface area contributed by atoms with Crippen molar-refractivity contribution in [3.8, 4) is 0 Å². The highest BCUT2D eigenvalue weighted by atomic mass is 32.2. The lowest BCUT2D eigenvalue weighted by Gasteiger charge is -2.21. The second-order valence-electron chi connectivity index (χ2n) is 6.09. The molecule has 0 radical (unpaired) electrons. The Morgan fingerprint density at radius 2 is 2.29 bits per heavy atom. The van der Waals surface area contributed by atoms with E-state index in [1.165, 1.54) is 0 Å². The molecule has 0 saturated carbocycles. The van der Waals surface area contributed by atoms with Crippen molar-refractivity contribution in [2.45, 2.75) is 24.3 Å². The smallest absolute Gasteiger partial charge is 0.240 e. The molecule has 2 aliphatic heterocycles. The van der Waals surface area contributed by atoms with Crippen molar-refractivity contribution in [2.75, 3.05) is 33.2 Å². The molecule has 0 aliphatic carbocycles. The number of hydrogen-bond acceptors (Lipinski definition) is 4. The molecule has 0 spiro atoms. The van der Waals surface area contributed by atoms with E-state index in [0.29, 0.717) is 17.4 Å². The average Bonchev–Trinajstić information content (AvgIpc) is 2.90. The largest absolute Gasteiger partial charge is 0.312 e. The van der Waals surface area contributed by atoms with E-state index in [1.807, 2.05) is 12.1 Å². The molecule has 116 valence electrons. The topological polar surface area (TPSA) is 61.4 Å². The zero-order valence-corrected chi connectivity index (χ0v) is 13.2. The molecule has 2 aliphatic rings. The van der Waals surface area contributed by atoms with Crippen LogP contribution in [0.1, 0.15) is 17.5 Å². The fourth-order valence-corrected chi connectivity index (χ4v) is 4.67. The van der Waals surface area contributed by atoms with Gasteiger partial charge in [0.05, 0.1) is 4.90 Å². The maximum absolute atomic E-state index is 12.6. The quantitative estimate of drug-likeness (QED) is 0.853. The molecule has 1 atom stereocenters. The van der Waals surface area contributed by atoms with Gasteiger partial charge in [-0.05, 0) is 56.1 Å². The van der Waals surface area contributed by atoms with Crippen LogP contribution in [-0.4, -0.2) is 46.5 Å². The summed E-state index contributed by atoms with van der Waals surface area (Å²) in [7, 11) is -1.32. The zero-order chi connectivity index (χ0) is 14.9. The molecule has 6 heteroatoms. The number of hydrogen-bond donors (Lipinski definition) is 2. The predicted molar refractivity (Wildman–Crippen MR) is 82.6 cm³/mol. The first-order valence-electron chi connectivity index (χ1n) is 7.56. The first-order chi connectivity index (χ1) is 10.1. The highest BCUT2D eigenvalue weighted by molar-refractivity contribution is 7.89. The Kier molecular flexibility index (Phi) is 4.31. The molecule has 21 heavy (non-hydrogen) atoms. The van der Waals surface area contributed by atoms with Gasteiger partial charge < -0.3 is 10.2 Å². The van der Waals surface area contributed by atoms with Crippen molar-refractivity contribution in [3.63, 3.8) is 0 Å². The summed E-state index contributed by atoms with van der Waals surface area (Å²) in [4.78, 5) is 2.71. The monoisotopic (exact) mass is 309 g/mol. The summed E-state index contributed by atoms with van der Waals surface area (Å²) in [5, 5.41) is 3.28. The number of sulfonamides is 1. The van der Waals surface area contributed by atoms with Gasteiger partial charge in [0.1, 0.15) is 0 Å². The van der Waals surface area contributed by atoms with Crippen LogP contribution in [0.3, 0.4) is 0 Å². The van der Waals surface area contributed by atoms with Gasteiger partial charge >= 0.3 is 0 Å². The average molecular weight is 309 g/mol. The number of rotatable bonds is 4. The second kappa shape index (κ2) is 6.04. The van der Waals surface area contributed by atoms with E-state index < -0.39 is 10.0 Å². The third-order valence-electron chi connectivity index (χ3n) is 4.44. The summed E-state index contributed by atoms with van der Waals surface area (Å²) >= 11 is 0. The molecule has 0 bridgehead atoms. The Morgan fingerprint density at radius 3 is 3.05 bits per heavy atom. The van der Waals surface area contributed by atoms with Crippen molar-refractivity contribution in [1.29, 1.82) is 0 Å². The molecule has 1 aromatic carbocycles. The number of benzene rings is 1. The summed E-state index contributed by atoms with van der Waals surface area (Å²) in [6.45, 7) is 4.16. The van der Waals surface area contributed by atoms with E-state index in [-0.39, 0.29) is 0 Å². The van der Waals surface area contributed by atoms with Gasteiger partial charge in [0.2, 0.25) is 10.0 Å². The minimum absolute atomic E-state index is 0.422. The molecule has 5 nitrogen and oxygen atoms in total. The normalized spacial score (nSPS) is 23.2. The van der Waals surface area contributed by atoms with Crippen LogP contribution in [0.25, 0.3) is 0 Å². The SMILES string of the molecule is CN1CCC(CNS(=O)(=O)c2cccc3c2CCNC3)C1. The Balaban J connectivity index is 1.76. The standard InChI is InChI=1S/C15H23N3O2S/c1-18-8-6-12(11-18)9-17-21(19,20)15-4-2-3-13-10-16-7-5-14(13)15/h2-4,12,16-17H,5-11H2,1H3. The third-order valence-corrected chi connectivity index (χ3v) is 5.95. The number of likely N-dealkylation sites (tertiary alicyclic amines) is 1. The van der Waals surface area contributed by atoms with Gasteiger partial charge in [0, 0.05) is 19.6 Å². The van der Waals surface area contributed by atoms with Crippen molar-refractivity contribution in [1.82, 2.24) is 14.9 Å². The van der Waals surface area contributed by atoms with E-state index in [0.717, 1.165) is 50.1 Å². The van der Waals surface area contributed by atoms with Gasteiger partial charge in [0.25, 0.3) is 0 Å². The van der Waals surface area contributed by atoms with E-state index >= 15 is 0 Å². The van der Waals surface area contributed by atoms with Crippen molar-refractivity contribution in [3.05, 3.63) is 29.3 Å². The van der Waals surface area contributed by atoms with Crippen molar-refractivity contribution < 1.29 is 8.42 Å². The van der Waals surface area contributed by atoms with E-state index in [9.17, 15) is 8.42 Å². The van der Waals surface area contributed by atoms with Gasteiger partial charge in [-0.1, -0.05) is 12.1 Å². The minimum atomic E-state index is -3.40. The lowest BCUT2D eigenvalue weighted by atomic mass is 10.0. The third kappa shape index (κ3) is 3.29. The lowest BCUT2D eigenvalue weighted by molar-refractivity contribution is 0.394. The molecule has 0 amide bonds. The Hall–Kier alpha value is -0.950. The van der Waals surface area contributed by atoms with Gasteiger partial charge in [-0.2, -0.15) is 0 Å². The predicted octanol–water partition coefficient (Wildman–Crippen LogP) is 0.562. The van der Waals surface area contributed by atoms with Gasteiger partial charge in [0.15, 0.2) is 0 Å². The Bertz CT molecular complexity index is 615. The molecule has 1 aromatic rings. The summed E-state index contributed by atoms with van der Waals surface area (Å²) in [6, 6.07) is 5.57. The second-order valence-corrected chi connectivity index (χ2v) is 7.82. The van der Waals surface area contributed by atoms with Crippen LogP contribution in [0.4, 0.5) is 0 Å². The number of fused-ring (bicyclic) bond motifs is 1. The first kappa shape index (κ1) is 15.0. The molecule has 3 rings (SSSR count). The fourth-order valence-electron chi connectivity index (χ4n) is 3.25. The summed E-state index contributed by atoms with van der Waals surface area (Å²) in [5.74, 6) is 0.422. The van der Waals surface area contributed by atoms with E-state index in [2.05, 4.69) is 22.0 Å². The van der Waals surface area contributed by atoms with Crippen LogP contribution in [0.15, 0.2) is 23.1 Å². The molecule has 2 heterocycles. The van der Waals surface area contributed by atoms with Crippen molar-refractivity contribution in [2.24, 2.45) is 5.92 Å². The number of nitrogens with zero attached hydrogens (tertiary/aromatic N) is 1. The zero-order valence-electron chi connectivity index (χ0n) is 12.4. The van der Waals surface area contributed by atoms with Crippen molar-refractivity contribution >= 4 is 10.0 Å². The molecular weight excluding hydrogens is 286 g/mol. The maximum Gasteiger partial charge on any atom is 0.240 e. The number of nitrogens with one attached hydrogen (secondary N) is 2. The van der Waals surface area contributed by atoms with Gasteiger partial charge in [-0.15, -0.1) is 0 Å². The molecule has 2 N–H and O–H groups in total. The van der Waals surface area contributed by atoms with E-state index in [4.69, 9.17) is 0 Å². The van der Waals surface area contributed by atoms with Crippen LogP contribution in [0.5, 0.6) is 0 Å². The molecule has 1 unspecified atom stereocenters. The molecule has 1 saturated heterocycles. The Morgan fingerprint density at radius 1 is 1.43 bits per heavy atom. The minimum Gasteiger partial charge on any atom is -0.312 e. The van der Waals surface area contributed by atoms with Crippen LogP contribution < -0.4 is 10.0 Å². The first-order valence-corrected chi connectivity index (χ1v) is 9.04. The van der Waals surface area contributed by atoms with Crippen LogP contribution in [0.2, 0.25) is 0 Å². The summed E-state index contributed by atoms with van der Waals surface area (Å²) in [5.41, 5.74) is 2.08. The highest BCUT2D eigenvalue weighted by Gasteiger charge is 2.25. The van der Waals surface area contributed by atoms with Crippen LogP contribution >= 0.6 is 0 Å². The summed E-state index contributed by atoms with van der Waals surface area (Å²) in [6.07, 6.45) is 1.84. The van der Waals surface area contributed by atoms with Gasteiger partial charge in [-0.25, -0.2) is 13.1 Å². The van der Waals surface area contributed by atoms with E-state index in [1.54, 1.807) is 6.07 Å². The van der Waals surface area contributed by atoms with Crippen LogP contribution in [0, 0.1) is 5.92 Å². The highest BCUT2D eigenvalue weighted by Crippen LogP contribution is 2.23. The lowest BCUT2D eigenvalue weighted by Crippen LogP contribution is -2.32. The molecule has 0 aromatic heterocycles. The molecular formula is C15H23N3O2S. The van der Waals surface area contributed by atoms with Crippen LogP contribution in [-0.2, 0) is 23.0 Å².